The minimum absolute atomic E-state index is 0.226. The van der Waals surface area contributed by atoms with Gasteiger partial charge in [0.2, 0.25) is 0 Å². The third-order valence-corrected chi connectivity index (χ3v) is 5.14. The molecule has 2 heterocycles. The number of benzene rings is 1. The van der Waals surface area contributed by atoms with Gasteiger partial charge in [0.25, 0.3) is 0 Å². The molecule has 0 saturated carbocycles. The highest BCUT2D eigenvalue weighted by Crippen LogP contribution is 2.27. The minimum atomic E-state index is 0.226. The van der Waals surface area contributed by atoms with Crippen LogP contribution in [0.15, 0.2) is 30.6 Å². The molecule has 1 aromatic heterocycles. The van der Waals surface area contributed by atoms with Crippen LogP contribution in [0, 0.1) is 6.92 Å². The molecule has 0 radical (unpaired) electrons. The SMILES string of the molecule is Cc1nccn1CCC1CCCCN1Cc1ccc(O)cc1Cl. The van der Waals surface area contributed by atoms with Crippen LogP contribution in [0.3, 0.4) is 0 Å². The number of nitrogens with zero attached hydrogens (tertiary/aromatic N) is 3. The molecule has 0 amide bonds. The average molecular weight is 334 g/mol. The number of imidazole rings is 1. The Morgan fingerprint density at radius 2 is 2.22 bits per heavy atom. The second kappa shape index (κ2) is 7.37. The summed E-state index contributed by atoms with van der Waals surface area (Å²) in [7, 11) is 0. The molecular formula is C18H24ClN3O. The summed E-state index contributed by atoms with van der Waals surface area (Å²) in [5.41, 5.74) is 1.09. The van der Waals surface area contributed by atoms with Crippen molar-refractivity contribution in [1.29, 1.82) is 0 Å². The Morgan fingerprint density at radius 1 is 1.35 bits per heavy atom. The molecule has 1 aliphatic rings. The number of halogens is 1. The second-order valence-electron chi connectivity index (χ2n) is 6.35. The zero-order valence-corrected chi connectivity index (χ0v) is 14.3. The lowest BCUT2D eigenvalue weighted by molar-refractivity contribution is 0.128. The van der Waals surface area contributed by atoms with E-state index < -0.39 is 0 Å². The maximum Gasteiger partial charge on any atom is 0.117 e. The highest BCUT2D eigenvalue weighted by atomic mass is 35.5. The first-order valence-corrected chi connectivity index (χ1v) is 8.70. The van der Waals surface area contributed by atoms with Gasteiger partial charge < -0.3 is 9.67 Å². The van der Waals surface area contributed by atoms with Crippen molar-refractivity contribution in [3.05, 3.63) is 47.0 Å². The van der Waals surface area contributed by atoms with Crippen LogP contribution in [-0.2, 0) is 13.1 Å². The van der Waals surface area contributed by atoms with Gasteiger partial charge in [-0.3, -0.25) is 4.90 Å². The molecule has 2 aromatic rings. The molecule has 1 saturated heterocycles. The molecule has 5 heteroatoms. The first kappa shape index (κ1) is 16.3. The lowest BCUT2D eigenvalue weighted by atomic mass is 9.98. The van der Waals surface area contributed by atoms with Crippen molar-refractivity contribution in [2.24, 2.45) is 0 Å². The van der Waals surface area contributed by atoms with Crippen molar-refractivity contribution < 1.29 is 5.11 Å². The van der Waals surface area contributed by atoms with Gasteiger partial charge in [-0.05, 0) is 50.4 Å². The lowest BCUT2D eigenvalue weighted by Crippen LogP contribution is -2.39. The summed E-state index contributed by atoms with van der Waals surface area (Å²) < 4.78 is 2.22. The van der Waals surface area contributed by atoms with Gasteiger partial charge in [0.15, 0.2) is 0 Å². The van der Waals surface area contributed by atoms with Gasteiger partial charge in [-0.1, -0.05) is 24.1 Å². The van der Waals surface area contributed by atoms with Crippen LogP contribution in [0.5, 0.6) is 5.75 Å². The largest absolute Gasteiger partial charge is 0.508 e. The van der Waals surface area contributed by atoms with E-state index in [4.69, 9.17) is 11.6 Å². The summed E-state index contributed by atoms with van der Waals surface area (Å²) in [6, 6.07) is 5.86. The molecule has 1 aliphatic heterocycles. The Kier molecular flexibility index (Phi) is 5.23. The van der Waals surface area contributed by atoms with Gasteiger partial charge in [0.1, 0.15) is 11.6 Å². The van der Waals surface area contributed by atoms with E-state index in [0.717, 1.165) is 37.4 Å². The van der Waals surface area contributed by atoms with Gasteiger partial charge in [-0.2, -0.15) is 0 Å². The van der Waals surface area contributed by atoms with E-state index in [1.54, 1.807) is 12.1 Å². The summed E-state index contributed by atoms with van der Waals surface area (Å²) in [6.07, 6.45) is 8.84. The van der Waals surface area contributed by atoms with E-state index in [1.807, 2.05) is 12.3 Å². The third-order valence-electron chi connectivity index (χ3n) is 4.79. The zero-order valence-electron chi connectivity index (χ0n) is 13.6. The number of phenolic OH excluding ortho intramolecular Hbond substituents is 1. The molecule has 3 rings (SSSR count). The number of hydrogen-bond acceptors (Lipinski definition) is 3. The van der Waals surface area contributed by atoms with Crippen LogP contribution < -0.4 is 0 Å². The zero-order chi connectivity index (χ0) is 16.2. The van der Waals surface area contributed by atoms with Gasteiger partial charge in [0, 0.05) is 36.5 Å². The number of hydrogen-bond donors (Lipinski definition) is 1. The summed E-state index contributed by atoms with van der Waals surface area (Å²) in [5.74, 6) is 1.30. The summed E-state index contributed by atoms with van der Waals surface area (Å²) in [6.45, 7) is 5.03. The maximum absolute atomic E-state index is 9.50. The van der Waals surface area contributed by atoms with Crippen molar-refractivity contribution in [1.82, 2.24) is 14.5 Å². The summed E-state index contributed by atoms with van der Waals surface area (Å²) >= 11 is 6.28. The lowest BCUT2D eigenvalue weighted by Gasteiger charge is -2.36. The first-order chi connectivity index (χ1) is 11.1. The highest BCUT2D eigenvalue weighted by molar-refractivity contribution is 6.31. The van der Waals surface area contributed by atoms with E-state index in [1.165, 1.54) is 19.3 Å². The summed E-state index contributed by atoms with van der Waals surface area (Å²) in [5, 5.41) is 10.2. The number of piperidine rings is 1. The Morgan fingerprint density at radius 3 is 2.96 bits per heavy atom. The van der Waals surface area contributed by atoms with E-state index in [2.05, 4.69) is 27.6 Å². The van der Waals surface area contributed by atoms with Crippen molar-refractivity contribution in [2.75, 3.05) is 6.54 Å². The predicted molar refractivity (Wildman–Crippen MR) is 92.7 cm³/mol. The standard InChI is InChI=1S/C18H24ClN3O/c1-14-20-8-11-21(14)10-7-16-4-2-3-9-22(16)13-15-5-6-17(23)12-18(15)19/h5-6,8,11-12,16,23H,2-4,7,9-10,13H2,1H3. The molecule has 0 spiro atoms. The normalized spacial score (nSPS) is 19.1. The van der Waals surface area contributed by atoms with Crippen molar-refractivity contribution >= 4 is 11.6 Å². The molecule has 1 unspecified atom stereocenters. The molecular weight excluding hydrogens is 310 g/mol. The van der Waals surface area contributed by atoms with Gasteiger partial charge in [-0.25, -0.2) is 4.98 Å². The first-order valence-electron chi connectivity index (χ1n) is 8.32. The fraction of sp³-hybridized carbons (Fsp3) is 0.500. The molecule has 124 valence electrons. The molecule has 1 aromatic carbocycles. The Bertz CT molecular complexity index is 655. The average Bonchev–Trinajstić information content (AvgIpc) is 2.94. The predicted octanol–water partition coefficient (Wildman–Crippen LogP) is 4.00. The van der Waals surface area contributed by atoms with E-state index in [9.17, 15) is 5.11 Å². The number of likely N-dealkylation sites (tertiary alicyclic amines) is 1. The Hall–Kier alpha value is -1.52. The van der Waals surface area contributed by atoms with Gasteiger partial charge >= 0.3 is 0 Å². The topological polar surface area (TPSA) is 41.3 Å². The van der Waals surface area contributed by atoms with E-state index in [0.29, 0.717) is 11.1 Å². The van der Waals surface area contributed by atoms with Gasteiger partial charge in [-0.15, -0.1) is 0 Å². The molecule has 1 N–H and O–H groups in total. The maximum atomic E-state index is 9.50. The van der Waals surface area contributed by atoms with Crippen LogP contribution in [0.1, 0.15) is 37.1 Å². The number of aryl methyl sites for hydroxylation is 2. The second-order valence-corrected chi connectivity index (χ2v) is 6.76. The molecule has 0 bridgehead atoms. The molecule has 4 nitrogen and oxygen atoms in total. The Balaban J connectivity index is 1.65. The van der Waals surface area contributed by atoms with Crippen molar-refractivity contribution in [3.8, 4) is 5.75 Å². The fourth-order valence-corrected chi connectivity index (χ4v) is 3.64. The molecule has 23 heavy (non-hydrogen) atoms. The monoisotopic (exact) mass is 333 g/mol. The quantitative estimate of drug-likeness (QED) is 0.899. The smallest absolute Gasteiger partial charge is 0.117 e. The number of rotatable bonds is 5. The number of aromatic hydroxyl groups is 1. The van der Waals surface area contributed by atoms with Crippen LogP contribution in [-0.4, -0.2) is 32.1 Å². The third kappa shape index (κ3) is 4.06. The molecule has 0 aliphatic carbocycles. The fourth-order valence-electron chi connectivity index (χ4n) is 3.41. The van der Waals surface area contributed by atoms with Crippen LogP contribution in [0.25, 0.3) is 0 Å². The van der Waals surface area contributed by atoms with Crippen LogP contribution >= 0.6 is 11.6 Å². The highest BCUT2D eigenvalue weighted by Gasteiger charge is 2.23. The Labute approximate surface area is 142 Å². The minimum Gasteiger partial charge on any atom is -0.508 e. The van der Waals surface area contributed by atoms with Crippen molar-refractivity contribution in [2.45, 2.75) is 51.7 Å². The van der Waals surface area contributed by atoms with E-state index >= 15 is 0 Å². The van der Waals surface area contributed by atoms with Gasteiger partial charge in [0.05, 0.1) is 0 Å². The number of aromatic nitrogens is 2. The van der Waals surface area contributed by atoms with Crippen LogP contribution in [0.4, 0.5) is 0 Å². The summed E-state index contributed by atoms with van der Waals surface area (Å²) in [4.78, 5) is 6.83. The molecule has 1 fully saturated rings. The molecule has 1 atom stereocenters. The van der Waals surface area contributed by atoms with E-state index in [-0.39, 0.29) is 5.75 Å². The number of phenols is 1. The van der Waals surface area contributed by atoms with Crippen molar-refractivity contribution in [3.63, 3.8) is 0 Å². The van der Waals surface area contributed by atoms with Crippen LogP contribution in [0.2, 0.25) is 5.02 Å².